The van der Waals surface area contributed by atoms with Crippen molar-refractivity contribution in [1.82, 2.24) is 9.97 Å². The van der Waals surface area contributed by atoms with Crippen molar-refractivity contribution in [3.05, 3.63) is 82.8 Å². The van der Waals surface area contributed by atoms with Gasteiger partial charge in [0.15, 0.2) is 0 Å². The molecule has 4 nitrogen and oxygen atoms in total. The van der Waals surface area contributed by atoms with Gasteiger partial charge in [-0.3, -0.25) is 4.98 Å². The van der Waals surface area contributed by atoms with Crippen LogP contribution in [-0.4, -0.2) is 16.6 Å². The Morgan fingerprint density at radius 1 is 1.07 bits per heavy atom. The molecule has 0 N–H and O–H groups in total. The summed E-state index contributed by atoms with van der Waals surface area (Å²) in [6.07, 6.45) is 4.08. The van der Waals surface area contributed by atoms with Crippen LogP contribution >= 0.6 is 11.6 Å². The molecular weight excluding hydrogens is 374 g/mol. The zero-order chi connectivity index (χ0) is 18.9. The lowest BCUT2D eigenvalue weighted by atomic mass is 9.96. The van der Waals surface area contributed by atoms with Crippen molar-refractivity contribution in [2.45, 2.75) is 18.4 Å². The maximum Gasteiger partial charge on any atom is 0.219 e. The van der Waals surface area contributed by atoms with Gasteiger partial charge in [-0.05, 0) is 42.7 Å². The Hall–Kier alpha value is -2.57. The summed E-state index contributed by atoms with van der Waals surface area (Å²) in [5.41, 5.74) is 0.680. The molecule has 0 amide bonds. The van der Waals surface area contributed by atoms with E-state index in [-0.39, 0.29) is 0 Å². The van der Waals surface area contributed by atoms with Crippen molar-refractivity contribution in [2.75, 3.05) is 6.61 Å². The largest absolute Gasteiger partial charge is 0.437 e. The maximum atomic E-state index is 13.8. The van der Waals surface area contributed by atoms with Gasteiger partial charge in [0, 0.05) is 18.3 Å². The van der Waals surface area contributed by atoms with Crippen molar-refractivity contribution in [2.24, 2.45) is 0 Å². The number of hydrogen-bond acceptors (Lipinski definition) is 4. The molecule has 1 aliphatic rings. The van der Waals surface area contributed by atoms with Gasteiger partial charge >= 0.3 is 0 Å². The van der Waals surface area contributed by atoms with Crippen LogP contribution in [0.5, 0.6) is 11.6 Å². The van der Waals surface area contributed by atoms with Crippen LogP contribution in [0.25, 0.3) is 0 Å². The first-order chi connectivity index (χ1) is 13.0. The number of ether oxygens (including phenoxy) is 2. The number of hydrogen-bond donors (Lipinski definition) is 0. The minimum Gasteiger partial charge on any atom is -0.437 e. The van der Waals surface area contributed by atoms with Crippen molar-refractivity contribution >= 4 is 11.6 Å². The summed E-state index contributed by atoms with van der Waals surface area (Å²) in [5.74, 6) is -0.175. The Balaban J connectivity index is 1.42. The molecule has 0 bridgehead atoms. The summed E-state index contributed by atoms with van der Waals surface area (Å²) in [7, 11) is 0. The summed E-state index contributed by atoms with van der Waals surface area (Å²) < 4.78 is 38.1. The van der Waals surface area contributed by atoms with Gasteiger partial charge in [-0.1, -0.05) is 17.7 Å². The van der Waals surface area contributed by atoms with E-state index >= 15 is 0 Å². The van der Waals surface area contributed by atoms with Gasteiger partial charge in [0.2, 0.25) is 5.88 Å². The van der Waals surface area contributed by atoms with Crippen molar-refractivity contribution in [1.29, 1.82) is 0 Å². The lowest BCUT2D eigenvalue weighted by molar-refractivity contribution is 0.286. The van der Waals surface area contributed by atoms with Gasteiger partial charge in [0.1, 0.15) is 23.0 Å². The molecule has 0 aliphatic carbocycles. The third-order valence-electron chi connectivity index (χ3n) is 4.43. The van der Waals surface area contributed by atoms with E-state index in [0.29, 0.717) is 41.7 Å². The zero-order valence-electron chi connectivity index (χ0n) is 14.2. The van der Waals surface area contributed by atoms with Crippen LogP contribution in [0.4, 0.5) is 8.78 Å². The third-order valence-corrected chi connectivity index (χ3v) is 4.66. The molecule has 4 rings (SSSR count). The Morgan fingerprint density at radius 3 is 2.56 bits per heavy atom. The molecule has 0 spiro atoms. The summed E-state index contributed by atoms with van der Waals surface area (Å²) in [6.45, 7) is 0.516. The highest BCUT2D eigenvalue weighted by atomic mass is 35.5. The van der Waals surface area contributed by atoms with Crippen molar-refractivity contribution in [3.8, 4) is 11.6 Å². The molecule has 3 heterocycles. The van der Waals surface area contributed by atoms with Crippen LogP contribution in [0.1, 0.15) is 17.7 Å². The van der Waals surface area contributed by atoms with Crippen molar-refractivity contribution < 1.29 is 18.3 Å². The third kappa shape index (κ3) is 4.07. The predicted octanol–water partition coefficient (Wildman–Crippen LogP) is 5.06. The molecule has 7 heteroatoms. The van der Waals surface area contributed by atoms with Crippen LogP contribution in [0.3, 0.4) is 0 Å². The molecule has 1 atom stereocenters. The summed E-state index contributed by atoms with van der Waals surface area (Å²) in [4.78, 5) is 8.48. The molecule has 138 valence electrons. The first-order valence-corrected chi connectivity index (χ1v) is 8.76. The highest BCUT2D eigenvalue weighted by molar-refractivity contribution is 6.30. The molecule has 3 aromatic rings. The van der Waals surface area contributed by atoms with E-state index in [9.17, 15) is 8.78 Å². The van der Waals surface area contributed by atoms with Crippen LogP contribution in [-0.2, 0) is 16.8 Å². The highest BCUT2D eigenvalue weighted by Gasteiger charge is 2.47. The monoisotopic (exact) mass is 388 g/mol. The van der Waals surface area contributed by atoms with Gasteiger partial charge in [-0.25, -0.2) is 13.8 Å². The fraction of sp³-hybridized carbons (Fsp3) is 0.200. The van der Waals surface area contributed by atoms with E-state index in [4.69, 9.17) is 21.1 Å². The second-order valence-electron chi connectivity index (χ2n) is 6.31. The van der Waals surface area contributed by atoms with Crippen molar-refractivity contribution in [3.63, 3.8) is 0 Å². The molecule has 1 aromatic carbocycles. The van der Waals surface area contributed by atoms with Gasteiger partial charge in [0.05, 0.1) is 23.5 Å². The van der Waals surface area contributed by atoms with E-state index in [2.05, 4.69) is 9.97 Å². The smallest absolute Gasteiger partial charge is 0.219 e. The van der Waals surface area contributed by atoms with Crippen LogP contribution in [0.15, 0.2) is 54.9 Å². The average molecular weight is 389 g/mol. The number of halogens is 3. The quantitative estimate of drug-likeness (QED) is 0.554. The number of pyridine rings is 2. The topological polar surface area (TPSA) is 47.5 Å². The fourth-order valence-corrected chi connectivity index (χ4v) is 2.93. The van der Waals surface area contributed by atoms with E-state index in [1.54, 1.807) is 24.4 Å². The molecule has 0 saturated carbocycles. The maximum absolute atomic E-state index is 13.8. The second-order valence-corrected chi connectivity index (χ2v) is 6.75. The number of epoxide rings is 1. The fourth-order valence-electron chi connectivity index (χ4n) is 2.82. The molecule has 2 aromatic heterocycles. The Bertz CT molecular complexity index is 945. The molecule has 1 unspecified atom stereocenters. The Labute approximate surface area is 159 Å². The summed E-state index contributed by atoms with van der Waals surface area (Å²) >= 11 is 5.80. The van der Waals surface area contributed by atoms with Crippen LogP contribution < -0.4 is 4.74 Å². The molecule has 1 aliphatic heterocycles. The van der Waals surface area contributed by atoms with E-state index in [1.807, 2.05) is 6.07 Å². The van der Waals surface area contributed by atoms with Gasteiger partial charge in [-0.15, -0.1) is 0 Å². The molecule has 1 saturated heterocycles. The SMILES string of the molecule is Fc1ccc(CCC2(c3ccc(Oc4ccc(Cl)cn4)cn3)CO2)c(F)c1. The van der Waals surface area contributed by atoms with Gasteiger partial charge in [-0.2, -0.15) is 0 Å². The second kappa shape index (κ2) is 7.21. The Morgan fingerprint density at radius 2 is 1.93 bits per heavy atom. The van der Waals surface area contributed by atoms with Crippen LogP contribution in [0.2, 0.25) is 5.02 Å². The highest BCUT2D eigenvalue weighted by Crippen LogP contribution is 2.42. The van der Waals surface area contributed by atoms with E-state index in [1.165, 1.54) is 18.3 Å². The summed E-state index contributed by atoms with van der Waals surface area (Å²) in [6, 6.07) is 10.6. The minimum atomic E-state index is -0.582. The first kappa shape index (κ1) is 17.8. The zero-order valence-corrected chi connectivity index (χ0v) is 14.9. The predicted molar refractivity (Wildman–Crippen MR) is 95.9 cm³/mol. The number of rotatable bonds is 6. The van der Waals surface area contributed by atoms with Gasteiger partial charge in [0.25, 0.3) is 0 Å². The normalized spacial score (nSPS) is 18.3. The molecule has 0 radical (unpaired) electrons. The van der Waals surface area contributed by atoms with E-state index < -0.39 is 17.2 Å². The number of aromatic nitrogens is 2. The number of nitrogens with zero attached hydrogens (tertiary/aromatic N) is 2. The number of benzene rings is 1. The number of aryl methyl sites for hydroxylation is 1. The standard InChI is InChI=1S/C20H15ClF2N2O2/c21-14-2-6-19(25-10-14)27-16-4-5-18(24-11-16)20(12-26-20)8-7-13-1-3-15(22)9-17(13)23/h1-6,9-11H,7-8,12H2. The summed E-state index contributed by atoms with van der Waals surface area (Å²) in [5, 5.41) is 0.529. The average Bonchev–Trinajstić information content (AvgIpc) is 3.45. The lowest BCUT2D eigenvalue weighted by Crippen LogP contribution is -2.12. The molecular formula is C20H15ClF2N2O2. The van der Waals surface area contributed by atoms with E-state index in [0.717, 1.165) is 11.8 Å². The lowest BCUT2D eigenvalue weighted by Gasteiger charge is -2.12. The molecule has 27 heavy (non-hydrogen) atoms. The Kier molecular flexibility index (Phi) is 4.76. The molecule has 1 fully saturated rings. The minimum absolute atomic E-state index is 0.415. The van der Waals surface area contributed by atoms with Crippen LogP contribution in [0, 0.1) is 11.6 Å². The van der Waals surface area contributed by atoms with Gasteiger partial charge < -0.3 is 9.47 Å². The first-order valence-electron chi connectivity index (χ1n) is 8.38.